The lowest BCUT2D eigenvalue weighted by Gasteiger charge is -2.23. The van der Waals surface area contributed by atoms with Crippen molar-refractivity contribution in [3.8, 4) is 5.75 Å². The van der Waals surface area contributed by atoms with Crippen LogP contribution in [0, 0.1) is 6.92 Å². The molecule has 2 aromatic heterocycles. The van der Waals surface area contributed by atoms with Gasteiger partial charge in [0.25, 0.3) is 0 Å². The minimum absolute atomic E-state index is 0.171. The summed E-state index contributed by atoms with van der Waals surface area (Å²) in [4.78, 5) is 8.41. The van der Waals surface area contributed by atoms with Crippen molar-refractivity contribution in [3.63, 3.8) is 0 Å². The number of nitrogens with one attached hydrogen (secondary N) is 1. The summed E-state index contributed by atoms with van der Waals surface area (Å²) in [6, 6.07) is 7.87. The standard InChI is InChI=1S/C20H18N4O/c1-11-8-13(4-5-16(11)25)15-10-22-20-17-14(9-21-19(15)17)3-2-12-6-7-23-24-18(12)20/h4-9,15,21,25H,2-3,10H2,1H3. The molecule has 3 aromatic rings. The van der Waals surface area contributed by atoms with E-state index in [0.29, 0.717) is 12.3 Å². The number of nitrogens with zero attached hydrogens (tertiary/aromatic N) is 3. The normalized spacial score (nSPS) is 18.1. The van der Waals surface area contributed by atoms with Gasteiger partial charge >= 0.3 is 0 Å². The largest absolute Gasteiger partial charge is 0.508 e. The predicted molar refractivity (Wildman–Crippen MR) is 95.4 cm³/mol. The highest BCUT2D eigenvalue weighted by atomic mass is 16.3. The molecule has 1 atom stereocenters. The van der Waals surface area contributed by atoms with Crippen molar-refractivity contribution in [2.75, 3.05) is 6.54 Å². The van der Waals surface area contributed by atoms with Crippen molar-refractivity contribution in [1.82, 2.24) is 15.2 Å². The van der Waals surface area contributed by atoms with E-state index in [2.05, 4.69) is 33.5 Å². The Bertz CT molecular complexity index is 1020. The zero-order chi connectivity index (χ0) is 17.0. The first kappa shape index (κ1) is 14.4. The Morgan fingerprint density at radius 3 is 2.92 bits per heavy atom. The maximum Gasteiger partial charge on any atom is 0.118 e. The van der Waals surface area contributed by atoms with E-state index in [1.807, 2.05) is 13.0 Å². The highest BCUT2D eigenvalue weighted by molar-refractivity contribution is 6.15. The van der Waals surface area contributed by atoms with Crippen LogP contribution in [0.4, 0.5) is 0 Å². The molecular formula is C20H18N4O. The Morgan fingerprint density at radius 2 is 2.04 bits per heavy atom. The molecule has 0 spiro atoms. The second-order valence-electron chi connectivity index (χ2n) is 6.80. The lowest BCUT2D eigenvalue weighted by Crippen LogP contribution is -2.21. The van der Waals surface area contributed by atoms with Gasteiger partial charge in [-0.3, -0.25) is 4.99 Å². The third-order valence-corrected chi connectivity index (χ3v) is 5.33. The van der Waals surface area contributed by atoms with E-state index < -0.39 is 0 Å². The van der Waals surface area contributed by atoms with Gasteiger partial charge in [-0.1, -0.05) is 12.1 Å². The van der Waals surface area contributed by atoms with Gasteiger partial charge in [-0.15, -0.1) is 5.10 Å². The summed E-state index contributed by atoms with van der Waals surface area (Å²) >= 11 is 0. The van der Waals surface area contributed by atoms with Gasteiger partial charge in [-0.25, -0.2) is 0 Å². The number of benzene rings is 1. The van der Waals surface area contributed by atoms with Gasteiger partial charge in [0, 0.05) is 29.6 Å². The Hall–Kier alpha value is -2.95. The van der Waals surface area contributed by atoms with E-state index in [9.17, 15) is 5.11 Å². The van der Waals surface area contributed by atoms with Crippen LogP contribution in [0.15, 0.2) is 41.7 Å². The molecule has 0 fully saturated rings. The Morgan fingerprint density at radius 1 is 1.16 bits per heavy atom. The Labute approximate surface area is 145 Å². The lowest BCUT2D eigenvalue weighted by atomic mass is 9.87. The molecule has 1 aromatic carbocycles. The number of fused-ring (bicyclic) bond motifs is 2. The van der Waals surface area contributed by atoms with Crippen LogP contribution in [-0.4, -0.2) is 32.5 Å². The van der Waals surface area contributed by atoms with Crippen LogP contribution >= 0.6 is 0 Å². The number of phenols is 1. The van der Waals surface area contributed by atoms with Gasteiger partial charge in [0.05, 0.1) is 12.3 Å². The summed E-state index contributed by atoms with van der Waals surface area (Å²) in [6.45, 7) is 2.60. The molecule has 5 rings (SSSR count). The van der Waals surface area contributed by atoms with Gasteiger partial charge in [-0.2, -0.15) is 5.10 Å². The molecular weight excluding hydrogens is 312 g/mol. The Balaban J connectivity index is 1.67. The molecule has 2 aliphatic rings. The summed E-state index contributed by atoms with van der Waals surface area (Å²) in [6.07, 6.45) is 5.81. The highest BCUT2D eigenvalue weighted by Crippen LogP contribution is 2.37. The molecule has 3 heterocycles. The lowest BCUT2D eigenvalue weighted by molar-refractivity contribution is 0.470. The number of rotatable bonds is 1. The van der Waals surface area contributed by atoms with Crippen molar-refractivity contribution >= 4 is 5.71 Å². The van der Waals surface area contributed by atoms with E-state index in [-0.39, 0.29) is 5.92 Å². The van der Waals surface area contributed by atoms with Crippen molar-refractivity contribution in [1.29, 1.82) is 0 Å². The van der Waals surface area contributed by atoms with Crippen LogP contribution in [0.3, 0.4) is 0 Å². The summed E-state index contributed by atoms with van der Waals surface area (Å²) in [5.74, 6) is 0.503. The molecule has 0 saturated carbocycles. The van der Waals surface area contributed by atoms with Gasteiger partial charge in [-0.05, 0) is 54.2 Å². The minimum Gasteiger partial charge on any atom is -0.508 e. The molecule has 124 valence electrons. The summed E-state index contributed by atoms with van der Waals surface area (Å²) in [5, 5.41) is 18.3. The molecule has 25 heavy (non-hydrogen) atoms. The SMILES string of the molecule is Cc1cc(C2CN=C3c4nnccc4CCc4c[nH]c2c43)ccc1O. The molecule has 1 unspecified atom stereocenters. The van der Waals surface area contributed by atoms with Crippen LogP contribution in [0.1, 0.15) is 45.1 Å². The summed E-state index contributed by atoms with van der Waals surface area (Å²) in [5.41, 5.74) is 8.86. The summed E-state index contributed by atoms with van der Waals surface area (Å²) < 4.78 is 0. The van der Waals surface area contributed by atoms with Gasteiger partial charge in [0.1, 0.15) is 11.4 Å². The van der Waals surface area contributed by atoms with E-state index in [4.69, 9.17) is 4.99 Å². The van der Waals surface area contributed by atoms with Gasteiger partial charge in [0.2, 0.25) is 0 Å². The number of aliphatic imine (C=N–C) groups is 1. The quantitative estimate of drug-likeness (QED) is 0.720. The monoisotopic (exact) mass is 330 g/mol. The summed E-state index contributed by atoms with van der Waals surface area (Å²) in [7, 11) is 0. The first-order valence-electron chi connectivity index (χ1n) is 8.58. The van der Waals surface area contributed by atoms with E-state index >= 15 is 0 Å². The van der Waals surface area contributed by atoms with E-state index in [1.165, 1.54) is 27.9 Å². The zero-order valence-electron chi connectivity index (χ0n) is 14.0. The first-order valence-corrected chi connectivity index (χ1v) is 8.58. The fraction of sp³-hybridized carbons (Fsp3) is 0.250. The fourth-order valence-corrected chi connectivity index (χ4v) is 3.98. The molecule has 5 nitrogen and oxygen atoms in total. The third kappa shape index (κ3) is 2.12. The van der Waals surface area contributed by atoms with Gasteiger partial charge in [0.15, 0.2) is 0 Å². The number of phenolic OH excluding ortho intramolecular Hbond substituents is 1. The number of aromatic hydroxyl groups is 1. The van der Waals surface area contributed by atoms with Crippen LogP contribution in [-0.2, 0) is 12.8 Å². The molecule has 0 radical (unpaired) electrons. The van der Waals surface area contributed by atoms with Crippen molar-refractivity contribution in [3.05, 3.63) is 75.9 Å². The van der Waals surface area contributed by atoms with Crippen molar-refractivity contribution in [2.45, 2.75) is 25.7 Å². The van der Waals surface area contributed by atoms with Crippen LogP contribution in [0.25, 0.3) is 0 Å². The number of aromatic nitrogens is 3. The molecule has 0 amide bonds. The van der Waals surface area contributed by atoms with Gasteiger partial charge < -0.3 is 10.1 Å². The average Bonchev–Trinajstić information content (AvgIpc) is 2.99. The second kappa shape index (κ2) is 5.28. The van der Waals surface area contributed by atoms with Crippen molar-refractivity contribution in [2.24, 2.45) is 4.99 Å². The number of hydrogen-bond acceptors (Lipinski definition) is 4. The molecule has 2 N–H and O–H groups in total. The maximum atomic E-state index is 9.83. The zero-order valence-corrected chi connectivity index (χ0v) is 14.0. The van der Waals surface area contributed by atoms with E-state index in [1.54, 1.807) is 12.3 Å². The topological polar surface area (TPSA) is 74.2 Å². The average molecular weight is 330 g/mol. The Kier molecular flexibility index (Phi) is 3.04. The molecule has 1 aliphatic heterocycles. The fourth-order valence-electron chi connectivity index (χ4n) is 3.98. The number of aromatic amines is 1. The predicted octanol–water partition coefficient (Wildman–Crippen LogP) is 2.90. The highest BCUT2D eigenvalue weighted by Gasteiger charge is 2.32. The van der Waals surface area contributed by atoms with Crippen molar-refractivity contribution < 1.29 is 5.11 Å². The first-order chi connectivity index (χ1) is 12.2. The maximum absolute atomic E-state index is 9.83. The molecule has 0 saturated heterocycles. The number of hydrogen-bond donors (Lipinski definition) is 2. The van der Waals surface area contributed by atoms with Crippen LogP contribution in [0.5, 0.6) is 5.75 Å². The third-order valence-electron chi connectivity index (χ3n) is 5.33. The number of H-pyrrole nitrogens is 1. The van der Waals surface area contributed by atoms with Crippen LogP contribution in [0.2, 0.25) is 0 Å². The van der Waals surface area contributed by atoms with Crippen LogP contribution < -0.4 is 0 Å². The second-order valence-corrected chi connectivity index (χ2v) is 6.80. The molecule has 0 bridgehead atoms. The number of aryl methyl sites for hydroxylation is 3. The minimum atomic E-state index is 0.171. The molecule has 1 aliphatic carbocycles. The van der Waals surface area contributed by atoms with E-state index in [0.717, 1.165) is 29.8 Å². The molecule has 5 heteroatoms. The smallest absolute Gasteiger partial charge is 0.118 e.